The third kappa shape index (κ3) is 4.20. The lowest BCUT2D eigenvalue weighted by atomic mass is 9.32. The first-order chi connectivity index (χ1) is 20.7. The van der Waals surface area contributed by atoms with E-state index in [0.717, 1.165) is 63.4 Å². The van der Waals surface area contributed by atoms with Gasteiger partial charge in [-0.15, -0.1) is 6.58 Å². The van der Waals surface area contributed by atoms with E-state index in [-0.39, 0.29) is 33.5 Å². The van der Waals surface area contributed by atoms with E-state index in [1.54, 1.807) is 7.11 Å². The van der Waals surface area contributed by atoms with E-state index in [1.165, 1.54) is 18.4 Å². The van der Waals surface area contributed by atoms with Gasteiger partial charge in [-0.25, -0.2) is 0 Å². The summed E-state index contributed by atoms with van der Waals surface area (Å²) in [5, 5.41) is 0. The molecule has 0 bridgehead atoms. The number of ether oxygens (including phenoxy) is 2. The minimum Gasteiger partial charge on any atom is -0.493 e. The Bertz CT molecular complexity index is 1370. The van der Waals surface area contributed by atoms with E-state index in [9.17, 15) is 9.59 Å². The van der Waals surface area contributed by atoms with E-state index >= 15 is 0 Å². The largest absolute Gasteiger partial charge is 0.493 e. The lowest BCUT2D eigenvalue weighted by Gasteiger charge is -2.72. The maximum atomic E-state index is 14.5. The molecular formula is C40H56O4. The van der Waals surface area contributed by atoms with Gasteiger partial charge in [0.15, 0.2) is 11.5 Å². The Morgan fingerprint density at radius 3 is 2.36 bits per heavy atom. The number of fused-ring (bicyclic) bond motifs is 7. The van der Waals surface area contributed by atoms with Gasteiger partial charge in [0, 0.05) is 11.8 Å². The molecule has 4 heteroatoms. The molecule has 0 saturated heterocycles. The van der Waals surface area contributed by atoms with Gasteiger partial charge in [0.25, 0.3) is 0 Å². The number of methoxy groups -OCH3 is 1. The molecule has 5 saturated carbocycles. The van der Waals surface area contributed by atoms with E-state index < -0.39 is 5.41 Å². The first kappa shape index (κ1) is 31.6. The number of carbonyl (C=O) groups excluding carboxylic acids is 2. The van der Waals surface area contributed by atoms with Crippen molar-refractivity contribution in [2.24, 2.45) is 56.7 Å². The molecule has 240 valence electrons. The molecule has 0 aliphatic heterocycles. The molecule has 4 nitrogen and oxygen atoms in total. The molecule has 5 aliphatic rings. The normalized spacial score (nSPS) is 42.2. The van der Waals surface area contributed by atoms with Crippen LogP contribution < -0.4 is 9.47 Å². The van der Waals surface area contributed by atoms with Crippen molar-refractivity contribution in [2.75, 3.05) is 7.11 Å². The zero-order valence-electron chi connectivity index (χ0n) is 28.5. The van der Waals surface area contributed by atoms with Gasteiger partial charge in [0.1, 0.15) is 5.78 Å². The summed E-state index contributed by atoms with van der Waals surface area (Å²) in [5.41, 5.74) is 2.07. The second-order valence-electron chi connectivity index (χ2n) is 16.9. The summed E-state index contributed by atoms with van der Waals surface area (Å²) in [5.74, 6) is 3.59. The first-order valence-corrected chi connectivity index (χ1v) is 17.4. The van der Waals surface area contributed by atoms with Crippen LogP contribution in [0.25, 0.3) is 0 Å². The monoisotopic (exact) mass is 600 g/mol. The second kappa shape index (κ2) is 10.6. The van der Waals surface area contributed by atoms with Crippen LogP contribution in [-0.2, 0) is 16.0 Å². The van der Waals surface area contributed by atoms with Crippen LogP contribution in [0, 0.1) is 56.7 Å². The number of hydrogen-bond acceptors (Lipinski definition) is 4. The van der Waals surface area contributed by atoms with Crippen LogP contribution in [0.15, 0.2) is 43.0 Å². The van der Waals surface area contributed by atoms with Gasteiger partial charge in [0.2, 0.25) is 0 Å². The van der Waals surface area contributed by atoms with Crippen molar-refractivity contribution in [3.05, 3.63) is 48.6 Å². The fourth-order valence-electron chi connectivity index (χ4n) is 12.6. The molecule has 0 spiro atoms. The maximum absolute atomic E-state index is 14.5. The fourth-order valence-corrected chi connectivity index (χ4v) is 12.6. The summed E-state index contributed by atoms with van der Waals surface area (Å²) in [4.78, 5) is 27.7. The number of carbonyl (C=O) groups is 2. The minimum absolute atomic E-state index is 0.0708. The average molecular weight is 601 g/mol. The predicted octanol–water partition coefficient (Wildman–Crippen LogP) is 9.56. The molecule has 6 rings (SSSR count). The zero-order valence-corrected chi connectivity index (χ0v) is 28.5. The third-order valence-corrected chi connectivity index (χ3v) is 15.0. The molecule has 0 heterocycles. The molecule has 0 N–H and O–H groups in total. The summed E-state index contributed by atoms with van der Waals surface area (Å²) in [7, 11) is 1.64. The quantitative estimate of drug-likeness (QED) is 0.185. The van der Waals surface area contributed by atoms with Gasteiger partial charge in [-0.1, -0.05) is 58.9 Å². The molecule has 1 aromatic carbocycles. The van der Waals surface area contributed by atoms with Crippen LogP contribution >= 0.6 is 0 Å². The van der Waals surface area contributed by atoms with Crippen LogP contribution in [-0.4, -0.2) is 18.9 Å². The molecule has 1 aromatic rings. The van der Waals surface area contributed by atoms with E-state index in [1.807, 2.05) is 24.3 Å². The van der Waals surface area contributed by atoms with E-state index in [2.05, 4.69) is 54.7 Å². The highest BCUT2D eigenvalue weighted by Gasteiger charge is 2.72. The van der Waals surface area contributed by atoms with Crippen molar-refractivity contribution in [2.45, 2.75) is 112 Å². The Morgan fingerprint density at radius 2 is 1.68 bits per heavy atom. The van der Waals surface area contributed by atoms with Gasteiger partial charge < -0.3 is 9.47 Å². The molecule has 4 unspecified atom stereocenters. The van der Waals surface area contributed by atoms with Gasteiger partial charge in [0.05, 0.1) is 12.5 Å². The first-order valence-electron chi connectivity index (χ1n) is 17.4. The van der Waals surface area contributed by atoms with Crippen LogP contribution in [0.2, 0.25) is 0 Å². The number of hydrogen-bond donors (Lipinski definition) is 0. The van der Waals surface area contributed by atoms with Crippen LogP contribution in [0.3, 0.4) is 0 Å². The topological polar surface area (TPSA) is 52.6 Å². The molecule has 0 amide bonds. The van der Waals surface area contributed by atoms with Gasteiger partial charge >= 0.3 is 5.97 Å². The summed E-state index contributed by atoms with van der Waals surface area (Å²) >= 11 is 0. The highest BCUT2D eigenvalue weighted by Crippen LogP contribution is 2.77. The van der Waals surface area contributed by atoms with Crippen molar-refractivity contribution in [1.29, 1.82) is 0 Å². The zero-order chi connectivity index (χ0) is 31.9. The number of Topliss-reactive ketones (excluding diaryl/α,β-unsaturated/α-hetero) is 1. The van der Waals surface area contributed by atoms with Gasteiger partial charge in [-0.05, 0) is 135 Å². The summed E-state index contributed by atoms with van der Waals surface area (Å²) in [6, 6.07) is 5.85. The van der Waals surface area contributed by atoms with Crippen LogP contribution in [0.1, 0.15) is 111 Å². The van der Waals surface area contributed by atoms with Gasteiger partial charge in [-0.2, -0.15) is 0 Å². The lowest BCUT2D eigenvalue weighted by molar-refractivity contribution is -0.234. The molecule has 0 radical (unpaired) electrons. The highest BCUT2D eigenvalue weighted by molar-refractivity contribution is 5.85. The summed E-state index contributed by atoms with van der Waals surface area (Å²) in [6.07, 6.45) is 12.8. The Labute approximate surface area is 266 Å². The number of rotatable bonds is 6. The van der Waals surface area contributed by atoms with Crippen LogP contribution in [0.4, 0.5) is 0 Å². The van der Waals surface area contributed by atoms with Crippen molar-refractivity contribution in [3.8, 4) is 11.5 Å². The van der Waals surface area contributed by atoms with Crippen molar-refractivity contribution in [3.63, 3.8) is 0 Å². The van der Waals surface area contributed by atoms with Crippen molar-refractivity contribution >= 4 is 11.8 Å². The molecule has 5 aliphatic carbocycles. The minimum atomic E-state index is -0.498. The fraction of sp³-hybridized carbons (Fsp3) is 0.700. The number of esters is 1. The SMILES string of the molecule is C=CCc1ccc(OC(=O)[C@]23CC[C@@H](C(=C)C)C2C2CCC4[C@@]5(C)CCC(=O)C(C)(C)C5CC[C@@]4(C)[C@]2(C)CC3)c(OC)c1. The molecule has 44 heavy (non-hydrogen) atoms. The predicted molar refractivity (Wildman–Crippen MR) is 177 cm³/mol. The number of allylic oxidation sites excluding steroid dienone is 2. The Balaban J connectivity index is 1.35. The van der Waals surface area contributed by atoms with E-state index in [4.69, 9.17) is 9.47 Å². The number of ketones is 1. The average Bonchev–Trinajstić information content (AvgIpc) is 3.38. The third-order valence-electron chi connectivity index (χ3n) is 15.0. The van der Waals surface area contributed by atoms with Gasteiger partial charge in [-0.3, -0.25) is 9.59 Å². The summed E-state index contributed by atoms with van der Waals surface area (Å²) in [6.45, 7) is 22.7. The van der Waals surface area contributed by atoms with Crippen molar-refractivity contribution in [1.82, 2.24) is 0 Å². The highest BCUT2D eigenvalue weighted by atomic mass is 16.6. The van der Waals surface area contributed by atoms with E-state index in [0.29, 0.717) is 41.0 Å². The molecule has 9 atom stereocenters. The maximum Gasteiger partial charge on any atom is 0.317 e. The Hall–Kier alpha value is -2.36. The molecule has 5 fully saturated rings. The smallest absolute Gasteiger partial charge is 0.317 e. The standard InChI is InChI=1S/C40H56O4/c1-10-11-26-12-14-29(30(24-26)43-9)44-35(42)40-21-16-27(25(2)3)34(40)28-13-15-32-37(6)19-18-33(41)36(4,5)31(37)17-20-39(32,8)38(28,7)22-23-40/h10,12,14,24,27-28,31-32,34H,1-2,11,13,15-23H2,3-9H3/t27-,28?,31?,32?,34?,37-,38+,39+,40-/m0/s1. The molecular weight excluding hydrogens is 544 g/mol. The number of benzene rings is 1. The summed E-state index contributed by atoms with van der Waals surface area (Å²) < 4.78 is 12.0. The van der Waals surface area contributed by atoms with Crippen LogP contribution in [0.5, 0.6) is 11.5 Å². The Kier molecular flexibility index (Phi) is 7.61. The Morgan fingerprint density at radius 1 is 0.932 bits per heavy atom. The second-order valence-corrected chi connectivity index (χ2v) is 16.9. The molecule has 0 aromatic heterocycles. The van der Waals surface area contributed by atoms with Crippen molar-refractivity contribution < 1.29 is 19.1 Å². The lowest BCUT2D eigenvalue weighted by Crippen LogP contribution is -2.66.